The van der Waals surface area contributed by atoms with E-state index >= 15 is 0 Å². The molecule has 0 bridgehead atoms. The maximum atomic E-state index is 5.52. The van der Waals surface area contributed by atoms with Gasteiger partial charge in [-0.15, -0.1) is 0 Å². The van der Waals surface area contributed by atoms with Crippen LogP contribution in [0.25, 0.3) is 4.91 Å². The molecule has 0 aromatic heterocycles. The molecule has 0 saturated carbocycles. The molecule has 13 heavy (non-hydrogen) atoms. The third-order valence-electron chi connectivity index (χ3n) is 1.48. The van der Waals surface area contributed by atoms with E-state index in [1.807, 2.05) is 42.7 Å². The van der Waals surface area contributed by atoms with Gasteiger partial charge in [0.15, 0.2) is 0 Å². The summed E-state index contributed by atoms with van der Waals surface area (Å²) in [6.07, 6.45) is 0. The molecule has 0 amide bonds. The first kappa shape index (κ1) is 9.93. The van der Waals surface area contributed by atoms with Gasteiger partial charge in [0.25, 0.3) is 0 Å². The van der Waals surface area contributed by atoms with E-state index in [1.165, 1.54) is 0 Å². The second kappa shape index (κ2) is 4.77. The Balaban J connectivity index is 2.65. The molecule has 0 spiro atoms. The van der Waals surface area contributed by atoms with Gasteiger partial charge in [0.05, 0.1) is 0 Å². The van der Waals surface area contributed by atoms with Crippen molar-refractivity contribution < 1.29 is 0 Å². The smallest absolute Gasteiger partial charge is 0.0117 e. The number of benzene rings is 1. The maximum absolute atomic E-state index is 5.52. The van der Waals surface area contributed by atoms with Gasteiger partial charge in [-0.25, -0.2) is 0 Å². The first-order valence-electron chi connectivity index (χ1n) is 4.03. The first-order chi connectivity index (χ1) is 6.20. The largest absolute Gasteiger partial charge is 0.402 e. The highest BCUT2D eigenvalue weighted by Crippen LogP contribution is 2.26. The molecule has 1 rings (SSSR count). The van der Waals surface area contributed by atoms with Crippen LogP contribution in [-0.4, -0.2) is 0 Å². The van der Waals surface area contributed by atoms with Crippen LogP contribution in [0.1, 0.15) is 12.5 Å². The van der Waals surface area contributed by atoms with Crippen LogP contribution in [-0.2, 0) is 0 Å². The summed E-state index contributed by atoms with van der Waals surface area (Å²) in [5.74, 6) is 0. The topological polar surface area (TPSA) is 26.0 Å². The summed E-state index contributed by atoms with van der Waals surface area (Å²) < 4.78 is 0. The fourth-order valence-corrected chi connectivity index (χ4v) is 1.46. The van der Waals surface area contributed by atoms with Crippen molar-refractivity contribution in [3.8, 4) is 0 Å². The quantitative estimate of drug-likeness (QED) is 0.794. The normalized spacial score (nSPS) is 11.3. The van der Waals surface area contributed by atoms with E-state index in [0.29, 0.717) is 0 Å². The van der Waals surface area contributed by atoms with Gasteiger partial charge >= 0.3 is 0 Å². The van der Waals surface area contributed by atoms with Crippen molar-refractivity contribution in [1.82, 2.24) is 0 Å². The van der Waals surface area contributed by atoms with Crippen molar-refractivity contribution in [1.29, 1.82) is 0 Å². The number of rotatable bonds is 3. The summed E-state index contributed by atoms with van der Waals surface area (Å²) in [5, 5.41) is 1.90. The fourth-order valence-electron chi connectivity index (χ4n) is 0.856. The van der Waals surface area contributed by atoms with Crippen LogP contribution >= 0.6 is 11.8 Å². The molecule has 68 valence electrons. The zero-order valence-corrected chi connectivity index (χ0v) is 8.47. The molecule has 1 aromatic carbocycles. The number of allylic oxidation sites excluding steroid dienone is 1. The Morgan fingerprint density at radius 2 is 2.00 bits per heavy atom. The highest BCUT2D eigenvalue weighted by molar-refractivity contribution is 8.10. The summed E-state index contributed by atoms with van der Waals surface area (Å²) in [4.78, 5) is 1.02. The van der Waals surface area contributed by atoms with Gasteiger partial charge < -0.3 is 5.73 Å². The second-order valence-corrected chi connectivity index (χ2v) is 3.73. The number of nitrogens with two attached hydrogens (primary N) is 1. The van der Waals surface area contributed by atoms with Gasteiger partial charge in [0, 0.05) is 10.6 Å². The van der Waals surface area contributed by atoms with Crippen LogP contribution in [0.4, 0.5) is 0 Å². The van der Waals surface area contributed by atoms with E-state index in [1.54, 1.807) is 11.8 Å². The Hall–Kier alpha value is -1.15. The minimum Gasteiger partial charge on any atom is -0.402 e. The molecule has 1 nitrogen and oxygen atoms in total. The first-order valence-corrected chi connectivity index (χ1v) is 4.91. The Morgan fingerprint density at radius 1 is 1.38 bits per heavy atom. The summed E-state index contributed by atoms with van der Waals surface area (Å²) in [5.41, 5.74) is 7.47. The molecule has 0 aliphatic rings. The SMILES string of the molecule is C=C(S/C=C(/C)N)c1ccccc1. The van der Waals surface area contributed by atoms with E-state index < -0.39 is 0 Å². The van der Waals surface area contributed by atoms with Crippen LogP contribution in [0.15, 0.2) is 48.0 Å². The molecule has 0 radical (unpaired) electrons. The molecule has 0 atom stereocenters. The molecule has 0 heterocycles. The number of thioether (sulfide) groups is 1. The highest BCUT2D eigenvalue weighted by atomic mass is 32.2. The number of hydrogen-bond donors (Lipinski definition) is 1. The average Bonchev–Trinajstić information content (AvgIpc) is 2.15. The summed E-state index contributed by atoms with van der Waals surface area (Å²) in [6.45, 7) is 5.83. The van der Waals surface area contributed by atoms with Crippen LogP contribution in [0.3, 0.4) is 0 Å². The fraction of sp³-hybridized carbons (Fsp3) is 0.0909. The molecule has 0 aliphatic heterocycles. The monoisotopic (exact) mass is 191 g/mol. The minimum absolute atomic E-state index is 0.807. The van der Waals surface area contributed by atoms with Crippen molar-refractivity contribution >= 4 is 16.7 Å². The average molecular weight is 191 g/mol. The second-order valence-electron chi connectivity index (χ2n) is 2.77. The maximum Gasteiger partial charge on any atom is 0.0117 e. The molecular weight excluding hydrogens is 178 g/mol. The summed E-state index contributed by atoms with van der Waals surface area (Å²) in [7, 11) is 0. The van der Waals surface area contributed by atoms with Gasteiger partial charge in [0.2, 0.25) is 0 Å². The van der Waals surface area contributed by atoms with Gasteiger partial charge in [-0.3, -0.25) is 0 Å². The lowest BCUT2D eigenvalue weighted by atomic mass is 10.2. The Labute approximate surface area is 83.3 Å². The predicted octanol–water partition coefficient (Wildman–Crippen LogP) is 3.21. The van der Waals surface area contributed by atoms with E-state index in [9.17, 15) is 0 Å². The predicted molar refractivity (Wildman–Crippen MR) is 61.0 cm³/mol. The van der Waals surface area contributed by atoms with Crippen LogP contribution in [0.2, 0.25) is 0 Å². The Bertz CT molecular complexity index is 310. The Kier molecular flexibility index (Phi) is 3.65. The van der Waals surface area contributed by atoms with Crippen molar-refractivity contribution in [2.45, 2.75) is 6.92 Å². The van der Waals surface area contributed by atoms with Crippen molar-refractivity contribution in [3.63, 3.8) is 0 Å². The summed E-state index contributed by atoms with van der Waals surface area (Å²) in [6, 6.07) is 10.1. The number of hydrogen-bond acceptors (Lipinski definition) is 2. The molecule has 2 heteroatoms. The lowest BCUT2D eigenvalue weighted by Gasteiger charge is -2.01. The van der Waals surface area contributed by atoms with E-state index in [4.69, 9.17) is 5.73 Å². The molecule has 0 fully saturated rings. The molecular formula is C11H13NS. The van der Waals surface area contributed by atoms with Gasteiger partial charge in [0.1, 0.15) is 0 Å². The third kappa shape index (κ3) is 3.38. The van der Waals surface area contributed by atoms with E-state index in [-0.39, 0.29) is 0 Å². The standard InChI is InChI=1S/C11H13NS/c1-9(12)8-13-10(2)11-6-4-3-5-7-11/h3-8H,2,12H2,1H3/b9-8-. The van der Waals surface area contributed by atoms with Crippen molar-refractivity contribution in [3.05, 3.63) is 53.6 Å². The van der Waals surface area contributed by atoms with Crippen LogP contribution in [0, 0.1) is 0 Å². The van der Waals surface area contributed by atoms with Crippen LogP contribution < -0.4 is 5.73 Å². The van der Waals surface area contributed by atoms with Crippen molar-refractivity contribution in [2.75, 3.05) is 0 Å². The van der Waals surface area contributed by atoms with Gasteiger partial charge in [-0.05, 0) is 17.9 Å². The zero-order valence-electron chi connectivity index (χ0n) is 7.66. The highest BCUT2D eigenvalue weighted by Gasteiger charge is 1.95. The molecule has 2 N–H and O–H groups in total. The third-order valence-corrected chi connectivity index (χ3v) is 2.49. The molecule has 0 aliphatic carbocycles. The van der Waals surface area contributed by atoms with Gasteiger partial charge in [-0.1, -0.05) is 48.7 Å². The van der Waals surface area contributed by atoms with E-state index in [2.05, 4.69) is 6.58 Å². The minimum atomic E-state index is 0.807. The lowest BCUT2D eigenvalue weighted by Crippen LogP contribution is -1.87. The molecule has 1 aromatic rings. The molecule has 0 saturated heterocycles. The zero-order chi connectivity index (χ0) is 9.68. The molecule has 0 unspecified atom stereocenters. The van der Waals surface area contributed by atoms with Crippen molar-refractivity contribution in [2.24, 2.45) is 5.73 Å². The van der Waals surface area contributed by atoms with Crippen LogP contribution in [0.5, 0.6) is 0 Å². The summed E-state index contributed by atoms with van der Waals surface area (Å²) >= 11 is 1.56. The van der Waals surface area contributed by atoms with Gasteiger partial charge in [-0.2, -0.15) is 0 Å². The Morgan fingerprint density at radius 3 is 2.54 bits per heavy atom. The lowest BCUT2D eigenvalue weighted by molar-refractivity contribution is 1.33. The van der Waals surface area contributed by atoms with E-state index in [0.717, 1.165) is 16.2 Å².